The van der Waals surface area contributed by atoms with E-state index in [1.165, 1.54) is 0 Å². The van der Waals surface area contributed by atoms with Gasteiger partial charge in [-0.15, -0.1) is 0 Å². The fourth-order valence-electron chi connectivity index (χ4n) is 3.76. The molecule has 35 heavy (non-hydrogen) atoms. The van der Waals surface area contributed by atoms with Gasteiger partial charge in [0.05, 0.1) is 0 Å². The van der Waals surface area contributed by atoms with Gasteiger partial charge in [-0.3, -0.25) is 9.59 Å². The summed E-state index contributed by atoms with van der Waals surface area (Å²) < 4.78 is 5.77. The first-order chi connectivity index (χ1) is 16.9. The zero-order valence-corrected chi connectivity index (χ0v) is 21.3. The summed E-state index contributed by atoms with van der Waals surface area (Å²) in [5.41, 5.74) is 3.03. The summed E-state index contributed by atoms with van der Waals surface area (Å²) in [6.45, 7) is 6.11. The number of amides is 2. The van der Waals surface area contributed by atoms with Crippen molar-refractivity contribution in [3.05, 3.63) is 101 Å². The van der Waals surface area contributed by atoms with Gasteiger partial charge >= 0.3 is 0 Å². The fourth-order valence-corrected chi connectivity index (χ4v) is 3.89. The molecular weight excluding hydrogens is 460 g/mol. The van der Waals surface area contributed by atoms with Crippen LogP contribution in [0.15, 0.2) is 78.9 Å². The predicted molar refractivity (Wildman–Crippen MR) is 141 cm³/mol. The first-order valence-corrected chi connectivity index (χ1v) is 12.3. The number of benzene rings is 3. The Morgan fingerprint density at radius 2 is 1.66 bits per heavy atom. The molecule has 184 valence electrons. The van der Waals surface area contributed by atoms with Gasteiger partial charge in [-0.1, -0.05) is 78.7 Å². The number of nitrogens with one attached hydrogen (secondary N) is 1. The maximum Gasteiger partial charge on any atom is 0.261 e. The third kappa shape index (κ3) is 8.15. The number of carbonyl (C=O) groups is 2. The van der Waals surface area contributed by atoms with Gasteiger partial charge in [0.25, 0.3) is 5.91 Å². The average molecular weight is 493 g/mol. The first kappa shape index (κ1) is 26.3. The fraction of sp³-hybridized carbons (Fsp3) is 0.310. The largest absolute Gasteiger partial charge is 0.484 e. The number of halogens is 1. The molecule has 0 fully saturated rings. The third-order valence-corrected chi connectivity index (χ3v) is 6.14. The quantitative estimate of drug-likeness (QED) is 0.380. The van der Waals surface area contributed by atoms with Crippen molar-refractivity contribution >= 4 is 23.4 Å². The van der Waals surface area contributed by atoms with E-state index in [4.69, 9.17) is 16.3 Å². The summed E-state index contributed by atoms with van der Waals surface area (Å²) in [7, 11) is 0. The summed E-state index contributed by atoms with van der Waals surface area (Å²) in [6, 6.07) is 23.9. The second-order valence-corrected chi connectivity index (χ2v) is 9.21. The molecular formula is C29H33ClN2O3. The normalized spacial score (nSPS) is 12.5. The van der Waals surface area contributed by atoms with Crippen LogP contribution >= 0.6 is 11.6 Å². The van der Waals surface area contributed by atoms with E-state index in [0.29, 0.717) is 23.7 Å². The molecule has 5 nitrogen and oxygen atoms in total. The Bertz CT molecular complexity index is 1100. The molecule has 1 N–H and O–H groups in total. The third-order valence-electron chi connectivity index (χ3n) is 5.88. The molecule has 3 aromatic rings. The van der Waals surface area contributed by atoms with Gasteiger partial charge in [-0.2, -0.15) is 0 Å². The highest BCUT2D eigenvalue weighted by Gasteiger charge is 2.31. The molecule has 2 unspecified atom stereocenters. The second-order valence-electron chi connectivity index (χ2n) is 8.78. The van der Waals surface area contributed by atoms with Crippen LogP contribution in [0.1, 0.15) is 37.0 Å². The first-order valence-electron chi connectivity index (χ1n) is 11.9. The SMILES string of the molecule is CCC(C)NC(=O)C(Cc1ccccc1)N(Cc1cccc(C)c1)C(=O)COc1ccc(Cl)cc1. The Balaban J connectivity index is 1.90. The Labute approximate surface area is 213 Å². The van der Waals surface area contributed by atoms with Gasteiger partial charge < -0.3 is 15.0 Å². The molecule has 0 bridgehead atoms. The van der Waals surface area contributed by atoms with E-state index in [1.807, 2.05) is 75.4 Å². The zero-order valence-electron chi connectivity index (χ0n) is 20.5. The maximum atomic E-state index is 13.6. The molecule has 0 aliphatic rings. The molecule has 0 aromatic heterocycles. The molecule has 0 saturated carbocycles. The van der Waals surface area contributed by atoms with Gasteiger partial charge in [0.2, 0.25) is 5.91 Å². The van der Waals surface area contributed by atoms with Gasteiger partial charge in [0.1, 0.15) is 11.8 Å². The second kappa shape index (κ2) is 13.0. The molecule has 6 heteroatoms. The molecule has 0 radical (unpaired) electrons. The van der Waals surface area contributed by atoms with Crippen molar-refractivity contribution in [2.75, 3.05) is 6.61 Å². The highest BCUT2D eigenvalue weighted by atomic mass is 35.5. The van der Waals surface area contributed by atoms with E-state index in [0.717, 1.165) is 23.1 Å². The Kier molecular flexibility index (Phi) is 9.74. The summed E-state index contributed by atoms with van der Waals surface area (Å²) in [5, 5.41) is 3.67. The van der Waals surface area contributed by atoms with Crippen LogP contribution in [0.3, 0.4) is 0 Å². The lowest BCUT2D eigenvalue weighted by Gasteiger charge is -2.32. The Hall–Kier alpha value is -3.31. The standard InChI is InChI=1S/C29H33ClN2O3/c1-4-22(3)31-29(34)27(18-23-10-6-5-7-11-23)32(19-24-12-8-9-21(2)17-24)28(33)20-35-26-15-13-25(30)14-16-26/h5-17,22,27H,4,18-20H2,1-3H3,(H,31,34). The monoisotopic (exact) mass is 492 g/mol. The molecule has 3 rings (SSSR count). The summed E-state index contributed by atoms with van der Waals surface area (Å²) in [4.78, 5) is 28.7. The minimum absolute atomic E-state index is 0.00186. The van der Waals surface area contributed by atoms with Gasteiger partial charge in [-0.25, -0.2) is 0 Å². The van der Waals surface area contributed by atoms with Crippen LogP contribution in [-0.4, -0.2) is 35.4 Å². The number of rotatable bonds is 11. The lowest BCUT2D eigenvalue weighted by atomic mass is 10.0. The van der Waals surface area contributed by atoms with Crippen LogP contribution in [0.5, 0.6) is 5.75 Å². The number of hydrogen-bond donors (Lipinski definition) is 1. The average Bonchev–Trinajstić information content (AvgIpc) is 2.86. The minimum atomic E-state index is -0.687. The summed E-state index contributed by atoms with van der Waals surface area (Å²) >= 11 is 5.96. The van der Waals surface area contributed by atoms with Gasteiger partial charge in [0.15, 0.2) is 6.61 Å². The molecule has 0 saturated heterocycles. The van der Waals surface area contributed by atoms with Crippen LogP contribution in [0.4, 0.5) is 0 Å². The highest BCUT2D eigenvalue weighted by Crippen LogP contribution is 2.18. The smallest absolute Gasteiger partial charge is 0.261 e. The number of carbonyl (C=O) groups excluding carboxylic acids is 2. The van der Waals surface area contributed by atoms with Crippen LogP contribution in [0.2, 0.25) is 5.02 Å². The van der Waals surface area contributed by atoms with Crippen LogP contribution in [0, 0.1) is 6.92 Å². The highest BCUT2D eigenvalue weighted by molar-refractivity contribution is 6.30. The molecule has 2 amide bonds. The van der Waals surface area contributed by atoms with E-state index >= 15 is 0 Å². The minimum Gasteiger partial charge on any atom is -0.484 e. The van der Waals surface area contributed by atoms with Crippen molar-refractivity contribution in [2.24, 2.45) is 0 Å². The number of hydrogen-bond acceptors (Lipinski definition) is 3. The van der Waals surface area contributed by atoms with Crippen molar-refractivity contribution in [3.8, 4) is 5.75 Å². The molecule has 0 aliphatic carbocycles. The Morgan fingerprint density at radius 3 is 2.31 bits per heavy atom. The van der Waals surface area contributed by atoms with E-state index in [2.05, 4.69) is 5.32 Å². The van der Waals surface area contributed by atoms with Crippen molar-refractivity contribution in [1.29, 1.82) is 0 Å². The van der Waals surface area contributed by atoms with E-state index in [9.17, 15) is 9.59 Å². The summed E-state index contributed by atoms with van der Waals surface area (Å²) in [5.74, 6) is 0.110. The number of nitrogens with zero attached hydrogens (tertiary/aromatic N) is 1. The van der Waals surface area contributed by atoms with E-state index in [-0.39, 0.29) is 24.5 Å². The van der Waals surface area contributed by atoms with Crippen LogP contribution in [0.25, 0.3) is 0 Å². The molecule has 0 heterocycles. The summed E-state index contributed by atoms with van der Waals surface area (Å²) in [6.07, 6.45) is 1.21. The molecule has 2 atom stereocenters. The van der Waals surface area contributed by atoms with E-state index < -0.39 is 6.04 Å². The maximum absolute atomic E-state index is 13.6. The van der Waals surface area contributed by atoms with Crippen molar-refractivity contribution in [2.45, 2.75) is 52.2 Å². The van der Waals surface area contributed by atoms with Crippen molar-refractivity contribution in [1.82, 2.24) is 10.2 Å². The number of ether oxygens (including phenoxy) is 1. The van der Waals surface area contributed by atoms with Crippen molar-refractivity contribution < 1.29 is 14.3 Å². The van der Waals surface area contributed by atoms with Crippen molar-refractivity contribution in [3.63, 3.8) is 0 Å². The Morgan fingerprint density at radius 1 is 0.971 bits per heavy atom. The van der Waals surface area contributed by atoms with Crippen LogP contribution < -0.4 is 10.1 Å². The molecule has 3 aromatic carbocycles. The van der Waals surface area contributed by atoms with Gasteiger partial charge in [0, 0.05) is 24.0 Å². The number of aryl methyl sites for hydroxylation is 1. The lowest BCUT2D eigenvalue weighted by molar-refractivity contribution is -0.143. The lowest BCUT2D eigenvalue weighted by Crippen LogP contribution is -2.53. The predicted octanol–water partition coefficient (Wildman–Crippen LogP) is 5.58. The molecule has 0 aliphatic heterocycles. The van der Waals surface area contributed by atoms with Crippen LogP contribution in [-0.2, 0) is 22.6 Å². The molecule has 0 spiro atoms. The van der Waals surface area contributed by atoms with Gasteiger partial charge in [-0.05, 0) is 55.7 Å². The van der Waals surface area contributed by atoms with E-state index in [1.54, 1.807) is 29.2 Å². The topological polar surface area (TPSA) is 58.6 Å². The zero-order chi connectivity index (χ0) is 25.2.